The predicted octanol–water partition coefficient (Wildman–Crippen LogP) is 7.22. The fraction of sp³-hybridized carbons (Fsp3) is 0.167. The molecule has 0 heterocycles. The maximum atomic E-state index is 13.5. The molecule has 1 N–H and O–H groups in total. The first-order valence-electron chi connectivity index (χ1n) is 9.78. The van der Waals surface area contributed by atoms with Gasteiger partial charge < -0.3 is 5.32 Å². The summed E-state index contributed by atoms with van der Waals surface area (Å²) >= 11 is 24.7. The number of hydrogen-bond acceptors (Lipinski definition) is 2. The summed E-state index contributed by atoms with van der Waals surface area (Å²) in [5, 5.41) is 2.83. The van der Waals surface area contributed by atoms with Crippen LogP contribution in [0.15, 0.2) is 60.7 Å². The quantitative estimate of drug-likeness (QED) is 0.271. The van der Waals surface area contributed by atoms with E-state index < -0.39 is 33.7 Å². The standard InChI is InChI=1S/C24H15Cl4F2NO2/c25-17-7-6-15(11-16(17)20(32)9-12-1-4-14(29)5-2-12)31-23(33)22-21(24(22,27)28)13-3-8-19(30)18(26)10-13/h1-8,10-11,21-22H,9H2,(H,31,33). The molecule has 0 saturated heterocycles. The van der Waals surface area contributed by atoms with Gasteiger partial charge in [-0.1, -0.05) is 41.4 Å². The lowest BCUT2D eigenvalue weighted by molar-refractivity contribution is -0.117. The first kappa shape index (κ1) is 24.0. The molecule has 3 nitrogen and oxygen atoms in total. The van der Waals surface area contributed by atoms with Crippen LogP contribution < -0.4 is 5.32 Å². The number of anilines is 1. The molecule has 1 aliphatic rings. The van der Waals surface area contributed by atoms with Crippen LogP contribution in [-0.2, 0) is 11.2 Å². The van der Waals surface area contributed by atoms with Crippen LogP contribution >= 0.6 is 46.4 Å². The van der Waals surface area contributed by atoms with Crippen molar-refractivity contribution in [2.24, 2.45) is 5.92 Å². The molecule has 2 atom stereocenters. The molecule has 33 heavy (non-hydrogen) atoms. The van der Waals surface area contributed by atoms with Gasteiger partial charge in [0.1, 0.15) is 16.0 Å². The number of carbonyl (C=O) groups is 2. The number of ketones is 1. The van der Waals surface area contributed by atoms with E-state index in [2.05, 4.69) is 5.32 Å². The number of amides is 1. The minimum absolute atomic E-state index is 0.0138. The van der Waals surface area contributed by atoms with Gasteiger partial charge in [0.2, 0.25) is 5.91 Å². The summed E-state index contributed by atoms with van der Waals surface area (Å²) < 4.78 is 25.2. The third-order valence-electron chi connectivity index (χ3n) is 5.45. The van der Waals surface area contributed by atoms with E-state index in [1.54, 1.807) is 6.07 Å². The zero-order valence-corrected chi connectivity index (χ0v) is 19.7. The summed E-state index contributed by atoms with van der Waals surface area (Å²) in [5.74, 6) is -3.13. The van der Waals surface area contributed by atoms with Crippen LogP contribution in [0.25, 0.3) is 0 Å². The normalized spacial score (nSPS) is 18.6. The Hall–Kier alpha value is -2.18. The van der Waals surface area contributed by atoms with E-state index in [0.29, 0.717) is 16.8 Å². The van der Waals surface area contributed by atoms with Crippen molar-refractivity contribution in [3.63, 3.8) is 0 Å². The summed E-state index contributed by atoms with van der Waals surface area (Å²) in [4.78, 5) is 25.6. The molecule has 1 amide bonds. The smallest absolute Gasteiger partial charge is 0.231 e. The molecule has 0 radical (unpaired) electrons. The highest BCUT2D eigenvalue weighted by molar-refractivity contribution is 6.53. The van der Waals surface area contributed by atoms with E-state index in [-0.39, 0.29) is 27.8 Å². The molecular formula is C24H15Cl4F2NO2. The van der Waals surface area contributed by atoms with Crippen molar-refractivity contribution in [2.75, 3.05) is 5.32 Å². The van der Waals surface area contributed by atoms with Gasteiger partial charge in [-0.25, -0.2) is 8.78 Å². The maximum absolute atomic E-state index is 13.5. The van der Waals surface area contributed by atoms with Crippen molar-refractivity contribution in [3.8, 4) is 0 Å². The minimum Gasteiger partial charge on any atom is -0.326 e. The van der Waals surface area contributed by atoms with Crippen molar-refractivity contribution in [1.82, 2.24) is 0 Å². The molecule has 4 rings (SSSR count). The second-order valence-electron chi connectivity index (χ2n) is 7.71. The number of hydrogen-bond donors (Lipinski definition) is 1. The van der Waals surface area contributed by atoms with Crippen molar-refractivity contribution in [2.45, 2.75) is 16.7 Å². The Morgan fingerprint density at radius 1 is 0.909 bits per heavy atom. The Kier molecular flexibility index (Phi) is 6.70. The van der Waals surface area contributed by atoms with E-state index in [9.17, 15) is 18.4 Å². The van der Waals surface area contributed by atoms with Crippen LogP contribution in [0.4, 0.5) is 14.5 Å². The van der Waals surface area contributed by atoms with Crippen LogP contribution in [0.2, 0.25) is 10.0 Å². The highest BCUT2D eigenvalue weighted by Crippen LogP contribution is 2.65. The lowest BCUT2D eigenvalue weighted by Gasteiger charge is -2.09. The first-order valence-corrected chi connectivity index (χ1v) is 11.3. The van der Waals surface area contributed by atoms with E-state index in [0.717, 1.165) is 0 Å². The Morgan fingerprint density at radius 2 is 1.61 bits per heavy atom. The predicted molar refractivity (Wildman–Crippen MR) is 127 cm³/mol. The number of halogens is 6. The highest BCUT2D eigenvalue weighted by Gasteiger charge is 2.67. The number of nitrogens with one attached hydrogen (secondary N) is 1. The number of benzene rings is 3. The molecule has 0 bridgehead atoms. The van der Waals surface area contributed by atoms with Gasteiger partial charge >= 0.3 is 0 Å². The number of carbonyl (C=O) groups excluding carboxylic acids is 2. The molecule has 1 fully saturated rings. The Labute approximate surface area is 208 Å². The van der Waals surface area contributed by atoms with Crippen molar-refractivity contribution >= 4 is 63.8 Å². The first-order chi connectivity index (χ1) is 15.6. The number of rotatable bonds is 6. The fourth-order valence-electron chi connectivity index (χ4n) is 3.69. The van der Waals surface area contributed by atoms with E-state index in [1.807, 2.05) is 0 Å². The summed E-state index contributed by atoms with van der Waals surface area (Å²) in [6.45, 7) is 0. The minimum atomic E-state index is -1.39. The molecule has 170 valence electrons. The van der Waals surface area contributed by atoms with E-state index >= 15 is 0 Å². The molecule has 3 aromatic rings. The topological polar surface area (TPSA) is 46.2 Å². The van der Waals surface area contributed by atoms with Gasteiger partial charge in [0, 0.05) is 23.6 Å². The number of Topliss-reactive ketones (excluding diaryl/α,β-unsaturated/α-hetero) is 1. The van der Waals surface area contributed by atoms with Gasteiger partial charge in [0.15, 0.2) is 5.78 Å². The molecule has 1 aliphatic carbocycles. The van der Waals surface area contributed by atoms with Crippen molar-refractivity contribution in [3.05, 3.63) is 99.0 Å². The molecule has 0 spiro atoms. The van der Waals surface area contributed by atoms with E-state index in [4.69, 9.17) is 46.4 Å². The van der Waals surface area contributed by atoms with Gasteiger partial charge in [-0.3, -0.25) is 9.59 Å². The maximum Gasteiger partial charge on any atom is 0.231 e. The lowest BCUT2D eigenvalue weighted by Crippen LogP contribution is -2.17. The Balaban J connectivity index is 1.50. The van der Waals surface area contributed by atoms with Gasteiger partial charge in [-0.15, -0.1) is 23.2 Å². The Bertz CT molecular complexity index is 1250. The van der Waals surface area contributed by atoms with Crippen molar-refractivity contribution < 1.29 is 18.4 Å². The van der Waals surface area contributed by atoms with E-state index in [1.165, 1.54) is 54.6 Å². The van der Waals surface area contributed by atoms with Gasteiger partial charge in [-0.2, -0.15) is 0 Å². The summed E-state index contributed by atoms with van der Waals surface area (Å²) in [7, 11) is 0. The average molecular weight is 529 g/mol. The van der Waals surface area contributed by atoms with Gasteiger partial charge in [-0.05, 0) is 53.6 Å². The fourth-order valence-corrected chi connectivity index (χ4v) is 4.93. The van der Waals surface area contributed by atoms with Gasteiger partial charge in [0.25, 0.3) is 0 Å². The largest absolute Gasteiger partial charge is 0.326 e. The van der Waals surface area contributed by atoms with Gasteiger partial charge in [0.05, 0.1) is 16.0 Å². The van der Waals surface area contributed by atoms with Crippen molar-refractivity contribution in [1.29, 1.82) is 0 Å². The lowest BCUT2D eigenvalue weighted by atomic mass is 10.0. The van der Waals surface area contributed by atoms with Crippen LogP contribution in [0.3, 0.4) is 0 Å². The monoisotopic (exact) mass is 527 g/mol. The van der Waals surface area contributed by atoms with Crippen LogP contribution in [0.5, 0.6) is 0 Å². The van der Waals surface area contributed by atoms with Crippen LogP contribution in [0, 0.1) is 17.6 Å². The molecule has 1 saturated carbocycles. The molecule has 0 aliphatic heterocycles. The third kappa shape index (κ3) is 5.02. The van der Waals surface area contributed by atoms with Crippen LogP contribution in [-0.4, -0.2) is 16.0 Å². The zero-order chi connectivity index (χ0) is 23.9. The Morgan fingerprint density at radius 3 is 2.27 bits per heavy atom. The SMILES string of the molecule is O=C(Cc1ccc(F)cc1)c1cc(NC(=O)C2C(c3ccc(F)c(Cl)c3)C2(Cl)Cl)ccc1Cl. The summed E-state index contributed by atoms with van der Waals surface area (Å²) in [6.07, 6.45) is 0.0138. The molecule has 3 aromatic carbocycles. The summed E-state index contributed by atoms with van der Waals surface area (Å²) in [6, 6.07) is 14.1. The summed E-state index contributed by atoms with van der Waals surface area (Å²) in [5.41, 5.74) is 1.70. The second kappa shape index (κ2) is 9.22. The third-order valence-corrected chi connectivity index (χ3v) is 7.01. The average Bonchev–Trinajstić information content (AvgIpc) is 3.35. The second-order valence-corrected chi connectivity index (χ2v) is 9.97. The molecule has 0 aromatic heterocycles. The molecule has 2 unspecified atom stereocenters. The molecule has 9 heteroatoms. The number of alkyl halides is 2. The highest BCUT2D eigenvalue weighted by atomic mass is 35.5. The zero-order valence-electron chi connectivity index (χ0n) is 16.7. The van der Waals surface area contributed by atoms with Crippen LogP contribution in [0.1, 0.15) is 27.4 Å². The molecular weight excluding hydrogens is 514 g/mol.